The van der Waals surface area contributed by atoms with Gasteiger partial charge >= 0.3 is 5.69 Å². The predicted octanol–water partition coefficient (Wildman–Crippen LogP) is -0.630. The van der Waals surface area contributed by atoms with Crippen molar-refractivity contribution in [3.63, 3.8) is 0 Å². The van der Waals surface area contributed by atoms with Crippen molar-refractivity contribution in [3.05, 3.63) is 28.9 Å². The number of hydrogen-bond acceptors (Lipinski definition) is 6. The van der Waals surface area contributed by atoms with Crippen molar-refractivity contribution >= 4 is 11.8 Å². The minimum Gasteiger partial charge on any atom is -0.394 e. The highest BCUT2D eigenvalue weighted by Crippen LogP contribution is 2.56. The fourth-order valence-electron chi connectivity index (χ4n) is 2.57. The van der Waals surface area contributed by atoms with Gasteiger partial charge in [0, 0.05) is 12.4 Å². The number of aromatic nitrogens is 2. The van der Waals surface area contributed by atoms with Crippen molar-refractivity contribution in [1.82, 2.24) is 9.55 Å². The van der Waals surface area contributed by atoms with Gasteiger partial charge in [-0.05, 0) is 18.2 Å². The van der Waals surface area contributed by atoms with Gasteiger partial charge in [0.1, 0.15) is 12.2 Å². The first-order valence-corrected chi connectivity index (χ1v) is 6.79. The molecule has 1 aromatic heterocycles. The summed E-state index contributed by atoms with van der Waals surface area (Å²) in [6.07, 6.45) is 1.82. The lowest BCUT2D eigenvalue weighted by Crippen LogP contribution is -2.51. The smallest absolute Gasteiger partial charge is 0.349 e. The Bertz CT molecular complexity index is 502. The average Bonchev–Trinajstić information content (AvgIpc) is 2.62. The molecule has 2 fully saturated rings. The SMILES string of the molecule is O=c1ncccn1[C@@H]1O[C@H](CO)[C@@H](O)[C@]12CCS2. The highest BCUT2D eigenvalue weighted by molar-refractivity contribution is 8.02. The lowest BCUT2D eigenvalue weighted by atomic mass is 9.94. The molecule has 7 heteroatoms. The maximum Gasteiger partial charge on any atom is 0.349 e. The molecule has 1 aromatic rings. The van der Waals surface area contributed by atoms with Crippen molar-refractivity contribution in [3.8, 4) is 0 Å². The summed E-state index contributed by atoms with van der Waals surface area (Å²) in [5.41, 5.74) is -0.403. The van der Waals surface area contributed by atoms with Gasteiger partial charge in [-0.15, -0.1) is 11.8 Å². The number of nitrogens with zero attached hydrogens (tertiary/aromatic N) is 2. The number of aliphatic hydroxyl groups is 2. The Hall–Kier alpha value is -0.890. The zero-order valence-electron chi connectivity index (χ0n) is 9.60. The zero-order chi connectivity index (χ0) is 12.8. The monoisotopic (exact) mass is 270 g/mol. The summed E-state index contributed by atoms with van der Waals surface area (Å²) in [6.45, 7) is -0.255. The van der Waals surface area contributed by atoms with Gasteiger partial charge in [0.25, 0.3) is 0 Å². The number of ether oxygens (including phenoxy) is 1. The average molecular weight is 270 g/mol. The molecule has 3 rings (SSSR count). The van der Waals surface area contributed by atoms with E-state index in [1.165, 1.54) is 10.8 Å². The van der Waals surface area contributed by atoms with Gasteiger partial charge in [-0.25, -0.2) is 9.78 Å². The van der Waals surface area contributed by atoms with Crippen LogP contribution in [0.1, 0.15) is 12.6 Å². The van der Waals surface area contributed by atoms with Gasteiger partial charge in [-0.3, -0.25) is 4.57 Å². The fourth-order valence-corrected chi connectivity index (χ4v) is 3.88. The van der Waals surface area contributed by atoms with Crippen LogP contribution in [0.25, 0.3) is 0 Å². The van der Waals surface area contributed by atoms with E-state index in [0.29, 0.717) is 0 Å². The normalized spacial score (nSPS) is 38.9. The molecule has 6 nitrogen and oxygen atoms in total. The Labute approximate surface area is 108 Å². The van der Waals surface area contributed by atoms with E-state index in [1.54, 1.807) is 24.0 Å². The predicted molar refractivity (Wildman–Crippen MR) is 65.3 cm³/mol. The molecule has 0 bridgehead atoms. The molecule has 2 saturated heterocycles. The van der Waals surface area contributed by atoms with Crippen LogP contribution in [0.3, 0.4) is 0 Å². The van der Waals surface area contributed by atoms with Gasteiger partial charge in [0.2, 0.25) is 0 Å². The van der Waals surface area contributed by atoms with Crippen LogP contribution in [0.15, 0.2) is 23.3 Å². The summed E-state index contributed by atoms with van der Waals surface area (Å²) in [5, 5.41) is 19.5. The number of aliphatic hydroxyl groups excluding tert-OH is 2. The first-order valence-electron chi connectivity index (χ1n) is 5.80. The summed E-state index contributed by atoms with van der Waals surface area (Å²) >= 11 is 1.58. The second-order valence-corrected chi connectivity index (χ2v) is 5.97. The van der Waals surface area contributed by atoms with Gasteiger partial charge in [0.05, 0.1) is 11.4 Å². The highest BCUT2D eigenvalue weighted by Gasteiger charge is 2.60. The third-order valence-corrected chi connectivity index (χ3v) is 5.20. The topological polar surface area (TPSA) is 84.6 Å². The van der Waals surface area contributed by atoms with Crippen LogP contribution in [-0.4, -0.2) is 49.1 Å². The third kappa shape index (κ3) is 1.55. The summed E-state index contributed by atoms with van der Waals surface area (Å²) in [6, 6.07) is 1.65. The lowest BCUT2D eigenvalue weighted by molar-refractivity contribution is -0.0473. The van der Waals surface area contributed by atoms with Crippen LogP contribution in [0, 0.1) is 0 Å². The van der Waals surface area contributed by atoms with E-state index >= 15 is 0 Å². The molecule has 0 saturated carbocycles. The summed E-state index contributed by atoms with van der Waals surface area (Å²) in [7, 11) is 0. The molecular weight excluding hydrogens is 256 g/mol. The van der Waals surface area contributed by atoms with E-state index < -0.39 is 28.9 Å². The van der Waals surface area contributed by atoms with Crippen LogP contribution in [0.4, 0.5) is 0 Å². The Balaban J connectivity index is 2.01. The van der Waals surface area contributed by atoms with Crippen LogP contribution in [-0.2, 0) is 4.74 Å². The van der Waals surface area contributed by atoms with E-state index in [1.807, 2.05) is 0 Å². The van der Waals surface area contributed by atoms with Crippen LogP contribution >= 0.6 is 11.8 Å². The molecule has 18 heavy (non-hydrogen) atoms. The minimum absolute atomic E-state index is 0.255. The van der Waals surface area contributed by atoms with Crippen molar-refractivity contribution in [2.45, 2.75) is 29.6 Å². The summed E-state index contributed by atoms with van der Waals surface area (Å²) < 4.78 is 6.52. The Morgan fingerprint density at radius 3 is 3.00 bits per heavy atom. The second kappa shape index (κ2) is 4.34. The maximum absolute atomic E-state index is 11.8. The largest absolute Gasteiger partial charge is 0.394 e. The summed E-state index contributed by atoms with van der Waals surface area (Å²) in [5.74, 6) is 0.921. The summed E-state index contributed by atoms with van der Waals surface area (Å²) in [4.78, 5) is 15.5. The standard InChI is InChI=1S/C11H14N2O4S/c14-6-7-8(15)11(2-5-18-11)9(17-7)13-4-1-3-12-10(13)16/h1,3-4,7-9,14-15H,2,5-6H2/t7-,8-,9-,11-/m1/s1. The van der Waals surface area contributed by atoms with E-state index in [0.717, 1.165) is 12.2 Å². The van der Waals surface area contributed by atoms with Gasteiger partial charge in [0.15, 0.2) is 6.23 Å². The van der Waals surface area contributed by atoms with Crippen LogP contribution in [0.5, 0.6) is 0 Å². The van der Waals surface area contributed by atoms with E-state index in [2.05, 4.69) is 4.98 Å². The van der Waals surface area contributed by atoms with E-state index in [-0.39, 0.29) is 6.61 Å². The van der Waals surface area contributed by atoms with Gasteiger partial charge < -0.3 is 14.9 Å². The molecule has 0 aromatic carbocycles. The second-order valence-electron chi connectivity index (χ2n) is 4.52. The number of rotatable bonds is 2. The highest BCUT2D eigenvalue weighted by atomic mass is 32.2. The zero-order valence-corrected chi connectivity index (χ0v) is 10.4. The molecule has 1 spiro atoms. The van der Waals surface area contributed by atoms with Crippen molar-refractivity contribution in [2.24, 2.45) is 0 Å². The first kappa shape index (κ1) is 12.2. The van der Waals surface area contributed by atoms with Crippen molar-refractivity contribution in [1.29, 1.82) is 0 Å². The lowest BCUT2D eigenvalue weighted by Gasteiger charge is -2.43. The van der Waals surface area contributed by atoms with E-state index in [4.69, 9.17) is 4.74 Å². The number of hydrogen-bond donors (Lipinski definition) is 2. The van der Waals surface area contributed by atoms with Crippen molar-refractivity contribution in [2.75, 3.05) is 12.4 Å². The molecule has 0 unspecified atom stereocenters. The quantitative estimate of drug-likeness (QED) is 0.744. The van der Waals surface area contributed by atoms with Gasteiger partial charge in [-0.2, -0.15) is 0 Å². The maximum atomic E-state index is 11.8. The molecule has 0 radical (unpaired) electrons. The van der Waals surface area contributed by atoms with Crippen LogP contribution in [0.2, 0.25) is 0 Å². The molecule has 98 valence electrons. The Morgan fingerprint density at radius 2 is 2.44 bits per heavy atom. The fraction of sp³-hybridized carbons (Fsp3) is 0.636. The Morgan fingerprint density at radius 1 is 1.67 bits per heavy atom. The molecule has 0 amide bonds. The molecule has 2 aliphatic rings. The molecule has 0 aliphatic carbocycles. The first-order chi connectivity index (χ1) is 8.69. The molecule has 2 N–H and O–H groups in total. The Kier molecular flexibility index (Phi) is 2.93. The molecular formula is C11H14N2O4S. The third-order valence-electron chi connectivity index (χ3n) is 3.61. The van der Waals surface area contributed by atoms with Crippen LogP contribution < -0.4 is 5.69 Å². The molecule has 4 atom stereocenters. The van der Waals surface area contributed by atoms with Gasteiger partial charge in [-0.1, -0.05) is 0 Å². The molecule has 3 heterocycles. The van der Waals surface area contributed by atoms with E-state index in [9.17, 15) is 15.0 Å². The minimum atomic E-state index is -0.765. The molecule has 2 aliphatic heterocycles. The number of thioether (sulfide) groups is 1. The van der Waals surface area contributed by atoms with Crippen molar-refractivity contribution < 1.29 is 14.9 Å².